The standard InChI is InChI=1S/C15H19N3O4S/c1-18(8-3-4-14(20)21-2)13(19)6-5-12-16-15(17-22-12)11-7-9-23-10-11/h7,9-10H,3-6,8H2,1-2H3. The van der Waals surface area contributed by atoms with Crippen LogP contribution in [0.3, 0.4) is 0 Å². The molecule has 1 amide bonds. The maximum Gasteiger partial charge on any atom is 0.305 e. The molecule has 0 bridgehead atoms. The van der Waals surface area contributed by atoms with Crippen molar-refractivity contribution in [2.45, 2.75) is 25.7 Å². The summed E-state index contributed by atoms with van der Waals surface area (Å²) in [6.45, 7) is 0.512. The summed E-state index contributed by atoms with van der Waals surface area (Å²) >= 11 is 1.56. The number of rotatable bonds is 8. The summed E-state index contributed by atoms with van der Waals surface area (Å²) < 4.78 is 9.72. The SMILES string of the molecule is COC(=O)CCCN(C)C(=O)CCc1nc(-c2ccsc2)no1. The van der Waals surface area contributed by atoms with Crippen LogP contribution in [0.5, 0.6) is 0 Å². The minimum atomic E-state index is -0.266. The van der Waals surface area contributed by atoms with E-state index in [0.717, 1.165) is 5.56 Å². The van der Waals surface area contributed by atoms with Gasteiger partial charge in [-0.15, -0.1) is 0 Å². The molecule has 0 spiro atoms. The fourth-order valence-electron chi connectivity index (χ4n) is 1.96. The summed E-state index contributed by atoms with van der Waals surface area (Å²) in [5, 5.41) is 7.79. The van der Waals surface area contributed by atoms with E-state index in [1.807, 2.05) is 16.8 Å². The van der Waals surface area contributed by atoms with Gasteiger partial charge in [0.1, 0.15) is 0 Å². The maximum atomic E-state index is 12.0. The van der Waals surface area contributed by atoms with Crippen molar-refractivity contribution in [2.75, 3.05) is 20.7 Å². The van der Waals surface area contributed by atoms with Crippen LogP contribution in [0.4, 0.5) is 0 Å². The van der Waals surface area contributed by atoms with Gasteiger partial charge in [0.2, 0.25) is 17.6 Å². The van der Waals surface area contributed by atoms with Gasteiger partial charge in [-0.3, -0.25) is 9.59 Å². The van der Waals surface area contributed by atoms with Crippen molar-refractivity contribution in [3.63, 3.8) is 0 Å². The summed E-state index contributed by atoms with van der Waals surface area (Å²) in [5.74, 6) is 0.700. The molecule has 2 aromatic heterocycles. The molecule has 2 aromatic rings. The first-order chi connectivity index (χ1) is 11.1. The Kier molecular flexibility index (Phi) is 6.28. The second-order valence-corrected chi connectivity index (χ2v) is 5.80. The zero-order valence-electron chi connectivity index (χ0n) is 13.2. The van der Waals surface area contributed by atoms with Gasteiger partial charge in [-0.05, 0) is 17.9 Å². The fourth-order valence-corrected chi connectivity index (χ4v) is 2.59. The third-order valence-electron chi connectivity index (χ3n) is 3.33. The molecule has 8 heteroatoms. The van der Waals surface area contributed by atoms with Crippen molar-refractivity contribution < 1.29 is 18.8 Å². The second kappa shape index (κ2) is 8.42. The van der Waals surface area contributed by atoms with Crippen LogP contribution in [0.15, 0.2) is 21.3 Å². The minimum absolute atomic E-state index is 0.0230. The van der Waals surface area contributed by atoms with Gasteiger partial charge in [-0.2, -0.15) is 16.3 Å². The van der Waals surface area contributed by atoms with Crippen molar-refractivity contribution >= 4 is 23.2 Å². The van der Waals surface area contributed by atoms with Crippen molar-refractivity contribution in [1.82, 2.24) is 15.0 Å². The monoisotopic (exact) mass is 337 g/mol. The Labute approximate surface area is 138 Å². The molecule has 2 rings (SSSR count). The average molecular weight is 337 g/mol. The number of aromatic nitrogens is 2. The number of hydrogen-bond donors (Lipinski definition) is 0. The maximum absolute atomic E-state index is 12.0. The largest absolute Gasteiger partial charge is 0.469 e. The van der Waals surface area contributed by atoms with Crippen LogP contribution in [-0.2, 0) is 20.7 Å². The summed E-state index contributed by atoms with van der Waals surface area (Å²) in [6, 6.07) is 1.92. The van der Waals surface area contributed by atoms with Crippen LogP contribution in [0.2, 0.25) is 0 Å². The molecular weight excluding hydrogens is 318 g/mol. The molecule has 124 valence electrons. The lowest BCUT2D eigenvalue weighted by Gasteiger charge is -2.16. The molecule has 0 atom stereocenters. The summed E-state index contributed by atoms with van der Waals surface area (Å²) in [4.78, 5) is 28.9. The normalized spacial score (nSPS) is 10.5. The van der Waals surface area contributed by atoms with Crippen LogP contribution in [-0.4, -0.2) is 47.6 Å². The Morgan fingerprint density at radius 2 is 2.22 bits per heavy atom. The highest BCUT2D eigenvalue weighted by Crippen LogP contribution is 2.19. The number of carbonyl (C=O) groups excluding carboxylic acids is 2. The first-order valence-corrected chi connectivity index (χ1v) is 8.20. The molecule has 2 heterocycles. The molecule has 23 heavy (non-hydrogen) atoms. The second-order valence-electron chi connectivity index (χ2n) is 5.02. The van der Waals surface area contributed by atoms with Crippen LogP contribution in [0, 0.1) is 0 Å². The quantitative estimate of drug-likeness (QED) is 0.686. The van der Waals surface area contributed by atoms with E-state index in [1.54, 1.807) is 23.3 Å². The molecule has 0 radical (unpaired) electrons. The number of ether oxygens (including phenoxy) is 1. The zero-order valence-corrected chi connectivity index (χ0v) is 14.0. The van der Waals surface area contributed by atoms with Gasteiger partial charge in [-0.1, -0.05) is 5.16 Å². The molecule has 0 saturated heterocycles. The number of aryl methyl sites for hydroxylation is 1. The number of nitrogens with zero attached hydrogens (tertiary/aromatic N) is 3. The van der Waals surface area contributed by atoms with Crippen LogP contribution in [0.1, 0.15) is 25.2 Å². The van der Waals surface area contributed by atoms with Gasteiger partial charge < -0.3 is 14.2 Å². The lowest BCUT2D eigenvalue weighted by atomic mass is 10.2. The predicted octanol–water partition coefficient (Wildman–Crippen LogP) is 2.14. The summed E-state index contributed by atoms with van der Waals surface area (Å²) in [5.41, 5.74) is 0.913. The van der Waals surface area contributed by atoms with Gasteiger partial charge in [0.15, 0.2) is 0 Å². The number of esters is 1. The number of methoxy groups -OCH3 is 1. The Morgan fingerprint density at radius 1 is 1.39 bits per heavy atom. The molecule has 0 aromatic carbocycles. The van der Waals surface area contributed by atoms with Crippen molar-refractivity contribution in [3.8, 4) is 11.4 Å². The summed E-state index contributed by atoms with van der Waals surface area (Å²) in [6.07, 6.45) is 1.58. The highest BCUT2D eigenvalue weighted by atomic mass is 32.1. The average Bonchev–Trinajstić information content (AvgIpc) is 3.23. The minimum Gasteiger partial charge on any atom is -0.469 e. The molecule has 0 unspecified atom stereocenters. The molecule has 0 aliphatic heterocycles. The molecular formula is C15H19N3O4S. The third-order valence-corrected chi connectivity index (χ3v) is 4.01. The molecule has 7 nitrogen and oxygen atoms in total. The highest BCUT2D eigenvalue weighted by Gasteiger charge is 2.13. The lowest BCUT2D eigenvalue weighted by Crippen LogP contribution is -2.28. The van der Waals surface area contributed by atoms with Crippen LogP contribution >= 0.6 is 11.3 Å². The van der Waals surface area contributed by atoms with E-state index in [-0.39, 0.29) is 11.9 Å². The van der Waals surface area contributed by atoms with E-state index < -0.39 is 0 Å². The Bertz CT molecular complexity index is 639. The van der Waals surface area contributed by atoms with Gasteiger partial charge >= 0.3 is 5.97 Å². The fraction of sp³-hybridized carbons (Fsp3) is 0.467. The molecule has 0 saturated carbocycles. The van der Waals surface area contributed by atoms with E-state index in [1.165, 1.54) is 7.11 Å². The number of thiophene rings is 1. The van der Waals surface area contributed by atoms with E-state index >= 15 is 0 Å². The van der Waals surface area contributed by atoms with Gasteiger partial charge in [0, 0.05) is 43.8 Å². The van der Waals surface area contributed by atoms with Gasteiger partial charge in [0.25, 0.3) is 0 Å². The first kappa shape index (κ1) is 17.1. The van der Waals surface area contributed by atoms with Gasteiger partial charge in [-0.25, -0.2) is 0 Å². The third kappa shape index (κ3) is 5.17. The highest BCUT2D eigenvalue weighted by molar-refractivity contribution is 7.08. The van der Waals surface area contributed by atoms with E-state index in [4.69, 9.17) is 4.52 Å². The Hall–Kier alpha value is -2.22. The molecule has 0 aliphatic carbocycles. The topological polar surface area (TPSA) is 85.5 Å². The van der Waals surface area contributed by atoms with Crippen molar-refractivity contribution in [3.05, 3.63) is 22.7 Å². The lowest BCUT2D eigenvalue weighted by molar-refractivity contribution is -0.141. The molecule has 0 fully saturated rings. The Morgan fingerprint density at radius 3 is 2.91 bits per heavy atom. The van der Waals surface area contributed by atoms with Gasteiger partial charge in [0.05, 0.1) is 7.11 Å². The molecule has 0 N–H and O–H groups in total. The zero-order chi connectivity index (χ0) is 16.7. The smallest absolute Gasteiger partial charge is 0.305 e. The molecule has 0 aliphatic rings. The van der Waals surface area contributed by atoms with Crippen molar-refractivity contribution in [2.24, 2.45) is 0 Å². The van der Waals surface area contributed by atoms with E-state index in [9.17, 15) is 9.59 Å². The number of hydrogen-bond acceptors (Lipinski definition) is 7. The Balaban J connectivity index is 1.74. The number of carbonyl (C=O) groups is 2. The first-order valence-electron chi connectivity index (χ1n) is 7.26. The number of amides is 1. The van der Waals surface area contributed by atoms with Crippen LogP contribution in [0.25, 0.3) is 11.4 Å². The predicted molar refractivity (Wildman–Crippen MR) is 84.8 cm³/mol. The van der Waals surface area contributed by atoms with E-state index in [2.05, 4.69) is 14.9 Å². The van der Waals surface area contributed by atoms with Crippen molar-refractivity contribution in [1.29, 1.82) is 0 Å². The van der Waals surface area contributed by atoms with Crippen LogP contribution < -0.4 is 0 Å². The summed E-state index contributed by atoms with van der Waals surface area (Å²) in [7, 11) is 3.07. The van der Waals surface area contributed by atoms with E-state index in [0.29, 0.717) is 43.9 Å².